The molecule has 0 aliphatic rings. The van der Waals surface area contributed by atoms with Gasteiger partial charge >= 0.3 is 0 Å². The van der Waals surface area contributed by atoms with Crippen LogP contribution in [-0.4, -0.2) is 23.9 Å². The topological polar surface area (TPSA) is 68.0 Å². The fourth-order valence-electron chi connectivity index (χ4n) is 1.47. The second-order valence-electron chi connectivity index (χ2n) is 3.86. The van der Waals surface area contributed by atoms with E-state index < -0.39 is 0 Å². The number of rotatable bonds is 7. The van der Waals surface area contributed by atoms with Crippen molar-refractivity contribution in [3.63, 3.8) is 0 Å². The van der Waals surface area contributed by atoms with E-state index in [0.29, 0.717) is 0 Å². The first-order chi connectivity index (χ1) is 7.74. The summed E-state index contributed by atoms with van der Waals surface area (Å²) in [4.78, 5) is 14.5. The fraction of sp³-hybridized carbons (Fsp3) is 0.500. The molecule has 0 amide bonds. The maximum atomic E-state index is 10.3. The number of aromatic nitrogens is 1. The summed E-state index contributed by atoms with van der Waals surface area (Å²) in [5.41, 5.74) is 7.57. The minimum Gasteiger partial charge on any atom is -0.384 e. The van der Waals surface area contributed by atoms with Crippen molar-refractivity contribution < 1.29 is 4.79 Å². The van der Waals surface area contributed by atoms with Gasteiger partial charge in [-0.15, -0.1) is 0 Å². The largest absolute Gasteiger partial charge is 0.384 e. The van der Waals surface area contributed by atoms with Gasteiger partial charge in [-0.25, -0.2) is 0 Å². The Morgan fingerprint density at radius 2 is 2.38 bits per heavy atom. The SMILES string of the molecule is Cc1ncccc1NCCCC[C@H](N)C=O. The van der Waals surface area contributed by atoms with Crippen LogP contribution in [0.15, 0.2) is 18.3 Å². The van der Waals surface area contributed by atoms with Gasteiger partial charge in [-0.1, -0.05) is 0 Å². The van der Waals surface area contributed by atoms with Crippen LogP contribution in [0.5, 0.6) is 0 Å². The maximum absolute atomic E-state index is 10.3. The molecule has 0 fully saturated rings. The van der Waals surface area contributed by atoms with E-state index in [1.807, 2.05) is 19.1 Å². The van der Waals surface area contributed by atoms with Crippen LogP contribution in [0.4, 0.5) is 5.69 Å². The highest BCUT2D eigenvalue weighted by Crippen LogP contribution is 2.10. The zero-order valence-electron chi connectivity index (χ0n) is 9.65. The lowest BCUT2D eigenvalue weighted by Crippen LogP contribution is -2.21. The van der Waals surface area contributed by atoms with Crippen LogP contribution in [0.2, 0.25) is 0 Å². The summed E-state index contributed by atoms with van der Waals surface area (Å²) in [5, 5.41) is 3.31. The molecular weight excluding hydrogens is 202 g/mol. The lowest BCUT2D eigenvalue weighted by molar-refractivity contribution is -0.109. The molecule has 1 heterocycles. The van der Waals surface area contributed by atoms with Gasteiger partial charge in [0.25, 0.3) is 0 Å². The molecule has 3 N–H and O–H groups in total. The number of aldehydes is 1. The Morgan fingerprint density at radius 1 is 1.56 bits per heavy atom. The van der Waals surface area contributed by atoms with Crippen molar-refractivity contribution in [3.8, 4) is 0 Å². The first kappa shape index (κ1) is 12.6. The molecule has 0 saturated carbocycles. The highest BCUT2D eigenvalue weighted by atomic mass is 16.1. The summed E-state index contributed by atoms with van der Waals surface area (Å²) in [6.45, 7) is 2.86. The Labute approximate surface area is 96.3 Å². The Kier molecular flexibility index (Phi) is 5.50. The number of nitrogens with two attached hydrogens (primary N) is 1. The second kappa shape index (κ2) is 6.95. The van der Waals surface area contributed by atoms with E-state index in [-0.39, 0.29) is 6.04 Å². The molecule has 0 spiro atoms. The number of hydrogen-bond donors (Lipinski definition) is 2. The fourth-order valence-corrected chi connectivity index (χ4v) is 1.47. The van der Waals surface area contributed by atoms with E-state index in [2.05, 4.69) is 10.3 Å². The molecule has 0 aliphatic heterocycles. The summed E-state index contributed by atoms with van der Waals surface area (Å²) in [6, 6.07) is 3.62. The lowest BCUT2D eigenvalue weighted by atomic mass is 10.1. The molecule has 0 bridgehead atoms. The lowest BCUT2D eigenvalue weighted by Gasteiger charge is -2.08. The van der Waals surface area contributed by atoms with Crippen LogP contribution in [0, 0.1) is 6.92 Å². The van der Waals surface area contributed by atoms with E-state index in [1.54, 1.807) is 6.20 Å². The smallest absolute Gasteiger partial charge is 0.136 e. The van der Waals surface area contributed by atoms with Gasteiger partial charge < -0.3 is 15.8 Å². The maximum Gasteiger partial charge on any atom is 0.136 e. The summed E-state index contributed by atoms with van der Waals surface area (Å²) in [6.07, 6.45) is 5.32. The normalized spacial score (nSPS) is 12.1. The number of hydrogen-bond acceptors (Lipinski definition) is 4. The standard InChI is InChI=1S/C12H19N3O/c1-10-12(6-4-8-14-10)15-7-3-2-5-11(13)9-16/h4,6,8-9,11,15H,2-3,5,7,13H2,1H3/t11-/m0/s1. The molecule has 16 heavy (non-hydrogen) atoms. The summed E-state index contributed by atoms with van der Waals surface area (Å²) in [7, 11) is 0. The number of carbonyl (C=O) groups excluding carboxylic acids is 1. The highest BCUT2D eigenvalue weighted by Gasteiger charge is 2.00. The quantitative estimate of drug-likeness (QED) is 0.541. The van der Waals surface area contributed by atoms with Gasteiger partial charge in [0.1, 0.15) is 6.29 Å². The van der Waals surface area contributed by atoms with Crippen LogP contribution in [0.3, 0.4) is 0 Å². The van der Waals surface area contributed by atoms with Gasteiger partial charge in [-0.05, 0) is 38.3 Å². The molecule has 0 aromatic carbocycles. The molecule has 1 aromatic heterocycles. The summed E-state index contributed by atoms with van der Waals surface area (Å²) < 4.78 is 0. The van der Waals surface area contributed by atoms with Gasteiger partial charge in [0.15, 0.2) is 0 Å². The zero-order valence-corrected chi connectivity index (χ0v) is 9.65. The first-order valence-corrected chi connectivity index (χ1v) is 5.60. The molecular formula is C12H19N3O. The first-order valence-electron chi connectivity index (χ1n) is 5.60. The van der Waals surface area contributed by atoms with Crippen LogP contribution in [0.25, 0.3) is 0 Å². The average molecular weight is 221 g/mol. The predicted octanol–water partition coefficient (Wildman–Crippen LogP) is 1.50. The monoisotopic (exact) mass is 221 g/mol. The minimum atomic E-state index is -0.305. The van der Waals surface area contributed by atoms with Gasteiger partial charge in [-0.2, -0.15) is 0 Å². The van der Waals surface area contributed by atoms with Gasteiger partial charge in [0.05, 0.1) is 17.4 Å². The number of carbonyl (C=O) groups is 1. The Bertz CT molecular complexity index is 328. The Balaban J connectivity index is 2.16. The molecule has 4 nitrogen and oxygen atoms in total. The number of anilines is 1. The summed E-state index contributed by atoms with van der Waals surface area (Å²) in [5.74, 6) is 0. The predicted molar refractivity (Wildman–Crippen MR) is 65.4 cm³/mol. The van der Waals surface area contributed by atoms with Crippen molar-refractivity contribution in [3.05, 3.63) is 24.0 Å². The number of unbranched alkanes of at least 4 members (excludes halogenated alkanes) is 1. The minimum absolute atomic E-state index is 0.305. The van der Waals surface area contributed by atoms with Gasteiger partial charge in [-0.3, -0.25) is 4.98 Å². The highest BCUT2D eigenvalue weighted by molar-refractivity contribution is 5.56. The van der Waals surface area contributed by atoms with Crippen molar-refractivity contribution in [1.29, 1.82) is 0 Å². The van der Waals surface area contributed by atoms with Crippen molar-refractivity contribution >= 4 is 12.0 Å². The van der Waals surface area contributed by atoms with E-state index in [1.165, 1.54) is 0 Å². The van der Waals surface area contributed by atoms with E-state index >= 15 is 0 Å². The molecule has 88 valence electrons. The molecule has 0 saturated heterocycles. The molecule has 0 radical (unpaired) electrons. The number of pyridine rings is 1. The van der Waals surface area contributed by atoms with Crippen molar-refractivity contribution in [2.75, 3.05) is 11.9 Å². The zero-order chi connectivity index (χ0) is 11.8. The second-order valence-corrected chi connectivity index (χ2v) is 3.86. The Hall–Kier alpha value is -1.42. The van der Waals surface area contributed by atoms with Crippen molar-refractivity contribution in [2.45, 2.75) is 32.2 Å². The van der Waals surface area contributed by atoms with E-state index in [4.69, 9.17) is 5.73 Å². The van der Waals surface area contributed by atoms with Gasteiger partial charge in [0, 0.05) is 12.7 Å². The Morgan fingerprint density at radius 3 is 3.06 bits per heavy atom. The molecule has 1 aromatic rings. The third-order valence-electron chi connectivity index (χ3n) is 2.46. The van der Waals surface area contributed by atoms with Crippen molar-refractivity contribution in [2.24, 2.45) is 5.73 Å². The van der Waals surface area contributed by atoms with Crippen LogP contribution in [0.1, 0.15) is 25.0 Å². The molecule has 1 atom stereocenters. The molecule has 4 heteroatoms. The number of nitrogens with zero attached hydrogens (tertiary/aromatic N) is 1. The van der Waals surface area contributed by atoms with E-state index in [0.717, 1.165) is 43.5 Å². The third kappa shape index (κ3) is 4.40. The summed E-state index contributed by atoms with van der Waals surface area (Å²) >= 11 is 0. The average Bonchev–Trinajstić information content (AvgIpc) is 2.30. The van der Waals surface area contributed by atoms with Crippen molar-refractivity contribution in [1.82, 2.24) is 4.98 Å². The van der Waals surface area contributed by atoms with Crippen LogP contribution in [-0.2, 0) is 4.79 Å². The van der Waals surface area contributed by atoms with Crippen LogP contribution >= 0.6 is 0 Å². The number of nitrogens with one attached hydrogen (secondary N) is 1. The third-order valence-corrected chi connectivity index (χ3v) is 2.46. The molecule has 1 rings (SSSR count). The van der Waals surface area contributed by atoms with Crippen LogP contribution < -0.4 is 11.1 Å². The molecule has 0 unspecified atom stereocenters. The molecule has 0 aliphatic carbocycles. The number of aryl methyl sites for hydroxylation is 1. The van der Waals surface area contributed by atoms with E-state index in [9.17, 15) is 4.79 Å². The van der Waals surface area contributed by atoms with Gasteiger partial charge in [0.2, 0.25) is 0 Å².